The van der Waals surface area contributed by atoms with Gasteiger partial charge in [0.2, 0.25) is 0 Å². The fourth-order valence-corrected chi connectivity index (χ4v) is 1.84. The number of rotatable bonds is 6. The van der Waals surface area contributed by atoms with Crippen molar-refractivity contribution < 1.29 is 4.74 Å². The summed E-state index contributed by atoms with van der Waals surface area (Å²) in [4.78, 5) is 4.60. The minimum atomic E-state index is -0.0684. The smallest absolute Gasteiger partial charge is 0.0865 e. The molecular formula is C14H19N3O. The van der Waals surface area contributed by atoms with E-state index in [0.717, 1.165) is 29.6 Å². The van der Waals surface area contributed by atoms with Crippen molar-refractivity contribution in [3.05, 3.63) is 42.1 Å². The molecule has 0 amide bonds. The maximum atomic E-state index is 5.56. The predicted molar refractivity (Wildman–Crippen MR) is 72.9 cm³/mol. The normalized spacial score (nSPS) is 12.8. The Bertz CT molecular complexity index is 501. The summed E-state index contributed by atoms with van der Waals surface area (Å²) >= 11 is 0. The van der Waals surface area contributed by atoms with Gasteiger partial charge in [-0.05, 0) is 18.6 Å². The van der Waals surface area contributed by atoms with E-state index < -0.39 is 0 Å². The van der Waals surface area contributed by atoms with E-state index in [1.165, 1.54) is 0 Å². The molecule has 0 radical (unpaired) electrons. The fourth-order valence-electron chi connectivity index (χ4n) is 1.84. The van der Waals surface area contributed by atoms with Gasteiger partial charge in [-0.3, -0.25) is 10.8 Å². The molecule has 0 aliphatic carbocycles. The Morgan fingerprint density at radius 3 is 2.89 bits per heavy atom. The maximum absolute atomic E-state index is 5.56. The van der Waals surface area contributed by atoms with Gasteiger partial charge in [0.1, 0.15) is 0 Å². The van der Waals surface area contributed by atoms with E-state index in [2.05, 4.69) is 23.4 Å². The van der Waals surface area contributed by atoms with Crippen LogP contribution in [0.1, 0.15) is 25.1 Å². The van der Waals surface area contributed by atoms with E-state index in [-0.39, 0.29) is 6.04 Å². The first kappa shape index (κ1) is 13.0. The SMILES string of the molecule is CCCOCC(NN)c1ccc2ccccc2n1. The van der Waals surface area contributed by atoms with E-state index in [9.17, 15) is 0 Å². The zero-order chi connectivity index (χ0) is 12.8. The van der Waals surface area contributed by atoms with Gasteiger partial charge in [-0.2, -0.15) is 0 Å². The second-order valence-electron chi connectivity index (χ2n) is 4.22. The molecule has 18 heavy (non-hydrogen) atoms. The Morgan fingerprint density at radius 1 is 1.28 bits per heavy atom. The van der Waals surface area contributed by atoms with Gasteiger partial charge in [0.05, 0.1) is 23.9 Å². The molecule has 0 aliphatic rings. The number of hydrazine groups is 1. The van der Waals surface area contributed by atoms with Crippen LogP contribution in [0.3, 0.4) is 0 Å². The summed E-state index contributed by atoms with van der Waals surface area (Å²) in [5.74, 6) is 5.56. The lowest BCUT2D eigenvalue weighted by Gasteiger charge is -2.15. The molecule has 4 nitrogen and oxygen atoms in total. The Balaban J connectivity index is 2.17. The summed E-state index contributed by atoms with van der Waals surface area (Å²) in [6.45, 7) is 3.36. The van der Waals surface area contributed by atoms with Crippen molar-refractivity contribution in [1.29, 1.82) is 0 Å². The molecule has 0 bridgehead atoms. The number of benzene rings is 1. The van der Waals surface area contributed by atoms with E-state index in [1.54, 1.807) is 0 Å². The summed E-state index contributed by atoms with van der Waals surface area (Å²) in [7, 11) is 0. The Kier molecular flexibility index (Phi) is 4.64. The van der Waals surface area contributed by atoms with Crippen molar-refractivity contribution in [2.45, 2.75) is 19.4 Å². The van der Waals surface area contributed by atoms with Gasteiger partial charge in [0, 0.05) is 12.0 Å². The number of ether oxygens (including phenoxy) is 1. The van der Waals surface area contributed by atoms with Crippen molar-refractivity contribution in [2.24, 2.45) is 5.84 Å². The summed E-state index contributed by atoms with van der Waals surface area (Å²) in [5, 5.41) is 1.13. The number of hydrogen-bond donors (Lipinski definition) is 2. The van der Waals surface area contributed by atoms with Gasteiger partial charge in [0.15, 0.2) is 0 Å². The molecule has 3 N–H and O–H groups in total. The van der Waals surface area contributed by atoms with Gasteiger partial charge >= 0.3 is 0 Å². The number of nitrogens with one attached hydrogen (secondary N) is 1. The summed E-state index contributed by atoms with van der Waals surface area (Å²) in [6, 6.07) is 12.0. The lowest BCUT2D eigenvalue weighted by Crippen LogP contribution is -2.32. The highest BCUT2D eigenvalue weighted by Crippen LogP contribution is 2.16. The molecule has 4 heteroatoms. The third-order valence-electron chi connectivity index (χ3n) is 2.81. The summed E-state index contributed by atoms with van der Waals surface area (Å²) in [6.07, 6.45) is 1.00. The fraction of sp³-hybridized carbons (Fsp3) is 0.357. The van der Waals surface area contributed by atoms with Crippen LogP contribution in [-0.4, -0.2) is 18.2 Å². The van der Waals surface area contributed by atoms with Crippen LogP contribution in [0.2, 0.25) is 0 Å². The molecule has 2 rings (SSSR count). The standard InChI is InChI=1S/C14H19N3O/c1-2-9-18-10-14(17-15)13-8-7-11-5-3-4-6-12(11)16-13/h3-8,14,17H,2,9-10,15H2,1H3. The van der Waals surface area contributed by atoms with Gasteiger partial charge in [0.25, 0.3) is 0 Å². The summed E-state index contributed by atoms with van der Waals surface area (Å²) < 4.78 is 5.52. The van der Waals surface area contributed by atoms with Crippen molar-refractivity contribution >= 4 is 10.9 Å². The minimum Gasteiger partial charge on any atom is -0.379 e. The molecule has 96 valence electrons. The molecule has 0 aliphatic heterocycles. The van der Waals surface area contributed by atoms with E-state index in [1.807, 2.05) is 30.3 Å². The number of para-hydroxylation sites is 1. The second kappa shape index (κ2) is 6.44. The van der Waals surface area contributed by atoms with E-state index in [4.69, 9.17) is 10.6 Å². The quantitative estimate of drug-likeness (QED) is 0.465. The highest BCUT2D eigenvalue weighted by Gasteiger charge is 2.11. The lowest BCUT2D eigenvalue weighted by molar-refractivity contribution is 0.111. The van der Waals surface area contributed by atoms with Crippen LogP contribution in [-0.2, 0) is 4.74 Å². The molecule has 1 heterocycles. The first-order valence-electron chi connectivity index (χ1n) is 6.24. The monoisotopic (exact) mass is 245 g/mol. The highest BCUT2D eigenvalue weighted by molar-refractivity contribution is 5.78. The number of aromatic nitrogens is 1. The maximum Gasteiger partial charge on any atom is 0.0865 e. The third-order valence-corrected chi connectivity index (χ3v) is 2.81. The number of nitrogens with two attached hydrogens (primary N) is 1. The Labute approximate surface area is 107 Å². The molecule has 0 saturated heterocycles. The molecule has 0 spiro atoms. The predicted octanol–water partition coefficient (Wildman–Crippen LogP) is 2.17. The molecule has 0 fully saturated rings. The van der Waals surface area contributed by atoms with Gasteiger partial charge in [-0.15, -0.1) is 0 Å². The van der Waals surface area contributed by atoms with Crippen molar-refractivity contribution in [1.82, 2.24) is 10.4 Å². The van der Waals surface area contributed by atoms with Crippen LogP contribution in [0.4, 0.5) is 0 Å². The molecular weight excluding hydrogens is 226 g/mol. The van der Waals surface area contributed by atoms with Crippen molar-refractivity contribution in [3.63, 3.8) is 0 Å². The average molecular weight is 245 g/mol. The number of fused-ring (bicyclic) bond motifs is 1. The van der Waals surface area contributed by atoms with Crippen LogP contribution in [0.25, 0.3) is 10.9 Å². The van der Waals surface area contributed by atoms with Gasteiger partial charge in [-0.1, -0.05) is 31.2 Å². The largest absolute Gasteiger partial charge is 0.379 e. The van der Waals surface area contributed by atoms with Crippen LogP contribution < -0.4 is 11.3 Å². The van der Waals surface area contributed by atoms with Crippen LogP contribution >= 0.6 is 0 Å². The first-order chi connectivity index (χ1) is 8.85. The van der Waals surface area contributed by atoms with Crippen LogP contribution in [0.5, 0.6) is 0 Å². The molecule has 1 aromatic carbocycles. The molecule has 2 aromatic rings. The van der Waals surface area contributed by atoms with Crippen molar-refractivity contribution in [2.75, 3.05) is 13.2 Å². The Morgan fingerprint density at radius 2 is 2.11 bits per heavy atom. The number of hydrogen-bond acceptors (Lipinski definition) is 4. The molecule has 1 atom stereocenters. The first-order valence-corrected chi connectivity index (χ1v) is 6.24. The molecule has 1 unspecified atom stereocenters. The summed E-state index contributed by atoms with van der Waals surface area (Å²) in [5.41, 5.74) is 4.64. The van der Waals surface area contributed by atoms with Crippen molar-refractivity contribution in [3.8, 4) is 0 Å². The third kappa shape index (κ3) is 3.04. The average Bonchev–Trinajstić information content (AvgIpc) is 2.43. The second-order valence-corrected chi connectivity index (χ2v) is 4.22. The van der Waals surface area contributed by atoms with Crippen LogP contribution in [0.15, 0.2) is 36.4 Å². The topological polar surface area (TPSA) is 60.2 Å². The number of nitrogens with zero attached hydrogens (tertiary/aromatic N) is 1. The molecule has 0 saturated carbocycles. The number of pyridine rings is 1. The molecule has 1 aromatic heterocycles. The zero-order valence-electron chi connectivity index (χ0n) is 10.6. The van der Waals surface area contributed by atoms with E-state index in [0.29, 0.717) is 6.61 Å². The Hall–Kier alpha value is -1.49. The highest BCUT2D eigenvalue weighted by atomic mass is 16.5. The van der Waals surface area contributed by atoms with Gasteiger partial charge < -0.3 is 4.74 Å². The van der Waals surface area contributed by atoms with E-state index >= 15 is 0 Å². The van der Waals surface area contributed by atoms with Crippen LogP contribution in [0, 0.1) is 0 Å². The lowest BCUT2D eigenvalue weighted by atomic mass is 10.1. The zero-order valence-corrected chi connectivity index (χ0v) is 10.6. The minimum absolute atomic E-state index is 0.0684. The van der Waals surface area contributed by atoms with Gasteiger partial charge in [-0.25, -0.2) is 5.43 Å².